The number of halogens is 1. The number of aromatic nitrogens is 1. The number of hydrogen-bond donors (Lipinski definition) is 2. The third kappa shape index (κ3) is 1.31. The molecule has 1 aromatic carbocycles. The van der Waals surface area contributed by atoms with E-state index in [0.717, 1.165) is 6.54 Å². The molecule has 0 bridgehead atoms. The number of para-hydroxylation sites is 1. The largest absolute Gasteiger partial charge is 0.361 e. The molecule has 1 saturated heterocycles. The van der Waals surface area contributed by atoms with Crippen molar-refractivity contribution in [3.8, 4) is 0 Å². The second kappa shape index (κ2) is 3.64. The van der Waals surface area contributed by atoms with Crippen LogP contribution in [0.3, 0.4) is 0 Å². The minimum atomic E-state index is 0. The first-order valence-corrected chi connectivity index (χ1v) is 4.74. The van der Waals surface area contributed by atoms with Crippen LogP contribution in [0.25, 0.3) is 10.9 Å². The summed E-state index contributed by atoms with van der Waals surface area (Å²) in [5.74, 6) is 0. The second-order valence-electron chi connectivity index (χ2n) is 3.58. The molecule has 1 aromatic heterocycles. The average molecular weight is 209 g/mol. The predicted molar refractivity (Wildman–Crippen MR) is 60.9 cm³/mol. The molecule has 0 saturated carbocycles. The summed E-state index contributed by atoms with van der Waals surface area (Å²) in [4.78, 5) is 3.30. The average Bonchev–Trinajstić information content (AvgIpc) is 2.47. The highest BCUT2D eigenvalue weighted by atomic mass is 35.5. The summed E-state index contributed by atoms with van der Waals surface area (Å²) in [6.07, 6.45) is 3.39. The van der Waals surface area contributed by atoms with E-state index in [2.05, 4.69) is 40.8 Å². The Hall–Kier alpha value is -0.990. The molecule has 3 rings (SSSR count). The van der Waals surface area contributed by atoms with Gasteiger partial charge in [-0.3, -0.25) is 0 Å². The Morgan fingerprint density at radius 3 is 2.71 bits per heavy atom. The molecule has 74 valence electrons. The normalized spacial score (nSPS) is 20.1. The molecule has 0 radical (unpaired) electrons. The van der Waals surface area contributed by atoms with Crippen LogP contribution < -0.4 is 5.32 Å². The Kier molecular flexibility index (Phi) is 2.48. The molecule has 2 nitrogen and oxygen atoms in total. The lowest BCUT2D eigenvalue weighted by Gasteiger charge is -2.27. The van der Waals surface area contributed by atoms with Gasteiger partial charge in [-0.2, -0.15) is 0 Å². The lowest BCUT2D eigenvalue weighted by molar-refractivity contribution is 0.385. The summed E-state index contributed by atoms with van der Waals surface area (Å²) in [5, 5.41) is 4.78. The summed E-state index contributed by atoms with van der Waals surface area (Å²) in [6.45, 7) is 1.16. The highest BCUT2D eigenvalue weighted by molar-refractivity contribution is 5.85. The number of H-pyrrole nitrogens is 1. The Bertz CT molecular complexity index is 432. The molecule has 3 heteroatoms. The highest BCUT2D eigenvalue weighted by Crippen LogP contribution is 2.29. The zero-order chi connectivity index (χ0) is 8.67. The van der Waals surface area contributed by atoms with Crippen molar-refractivity contribution in [1.29, 1.82) is 0 Å². The van der Waals surface area contributed by atoms with Crippen LogP contribution in [0.5, 0.6) is 0 Å². The van der Waals surface area contributed by atoms with Crippen molar-refractivity contribution in [2.45, 2.75) is 12.5 Å². The summed E-state index contributed by atoms with van der Waals surface area (Å²) < 4.78 is 0. The van der Waals surface area contributed by atoms with Gasteiger partial charge in [-0.1, -0.05) is 18.2 Å². The van der Waals surface area contributed by atoms with Crippen molar-refractivity contribution in [3.63, 3.8) is 0 Å². The molecule has 1 atom stereocenters. The fraction of sp³-hybridized carbons (Fsp3) is 0.273. The van der Waals surface area contributed by atoms with E-state index in [1.807, 2.05) is 0 Å². The molecule has 0 amide bonds. The molecular weight excluding hydrogens is 196 g/mol. The summed E-state index contributed by atoms with van der Waals surface area (Å²) in [6, 6.07) is 9.05. The highest BCUT2D eigenvalue weighted by Gasteiger charge is 2.20. The maximum atomic E-state index is 3.42. The Morgan fingerprint density at radius 1 is 1.21 bits per heavy atom. The number of benzene rings is 1. The third-order valence-electron chi connectivity index (χ3n) is 2.82. The van der Waals surface area contributed by atoms with Gasteiger partial charge < -0.3 is 10.3 Å². The first-order chi connectivity index (χ1) is 6.45. The summed E-state index contributed by atoms with van der Waals surface area (Å²) in [5.41, 5.74) is 2.66. The standard InChI is InChI=1S/C11H12N2.ClH/c1-2-4-10-8(3-1)9(7-13-10)11-5-6-12-11;/h1-4,7,11-13H,5-6H2;1H/t11-;/m1./s1. The molecule has 0 aliphatic carbocycles. The van der Waals surface area contributed by atoms with Gasteiger partial charge in [0.1, 0.15) is 0 Å². The number of hydrogen-bond acceptors (Lipinski definition) is 1. The van der Waals surface area contributed by atoms with Crippen molar-refractivity contribution in [2.24, 2.45) is 0 Å². The molecule has 1 aliphatic rings. The SMILES string of the molecule is Cl.c1ccc2c([C@H]3CCN3)c[nH]c2c1. The fourth-order valence-electron chi connectivity index (χ4n) is 1.94. The van der Waals surface area contributed by atoms with E-state index >= 15 is 0 Å². The van der Waals surface area contributed by atoms with Crippen LogP contribution >= 0.6 is 12.4 Å². The number of aromatic amines is 1. The van der Waals surface area contributed by atoms with Crippen molar-refractivity contribution in [2.75, 3.05) is 6.54 Å². The van der Waals surface area contributed by atoms with E-state index in [4.69, 9.17) is 0 Å². The second-order valence-corrected chi connectivity index (χ2v) is 3.58. The van der Waals surface area contributed by atoms with Crippen LogP contribution in [0.4, 0.5) is 0 Å². The number of fused-ring (bicyclic) bond motifs is 1. The van der Waals surface area contributed by atoms with E-state index in [9.17, 15) is 0 Å². The molecular formula is C11H13ClN2. The lowest BCUT2D eigenvalue weighted by Crippen LogP contribution is -2.34. The molecule has 2 aromatic rings. The van der Waals surface area contributed by atoms with Crippen LogP contribution in [0, 0.1) is 0 Å². The molecule has 14 heavy (non-hydrogen) atoms. The van der Waals surface area contributed by atoms with Crippen LogP contribution in [-0.2, 0) is 0 Å². The quantitative estimate of drug-likeness (QED) is 0.741. The van der Waals surface area contributed by atoms with Crippen molar-refractivity contribution < 1.29 is 0 Å². The molecule has 1 fully saturated rings. The van der Waals surface area contributed by atoms with Gasteiger partial charge in [-0.15, -0.1) is 12.4 Å². The van der Waals surface area contributed by atoms with Crippen molar-refractivity contribution in [3.05, 3.63) is 36.0 Å². The van der Waals surface area contributed by atoms with Crippen molar-refractivity contribution >= 4 is 23.3 Å². The van der Waals surface area contributed by atoms with E-state index in [1.54, 1.807) is 0 Å². The number of nitrogens with one attached hydrogen (secondary N) is 2. The van der Waals surface area contributed by atoms with Gasteiger partial charge in [0.05, 0.1) is 0 Å². The zero-order valence-corrected chi connectivity index (χ0v) is 8.60. The van der Waals surface area contributed by atoms with E-state index in [1.165, 1.54) is 22.9 Å². The molecule has 2 N–H and O–H groups in total. The fourth-order valence-corrected chi connectivity index (χ4v) is 1.94. The zero-order valence-electron chi connectivity index (χ0n) is 7.79. The van der Waals surface area contributed by atoms with Crippen LogP contribution in [0.1, 0.15) is 18.0 Å². The van der Waals surface area contributed by atoms with Crippen molar-refractivity contribution in [1.82, 2.24) is 10.3 Å². The molecule has 2 heterocycles. The van der Waals surface area contributed by atoms with Crippen LogP contribution in [0.2, 0.25) is 0 Å². The van der Waals surface area contributed by atoms with E-state index in [0.29, 0.717) is 6.04 Å². The Balaban J connectivity index is 0.000000750. The minimum absolute atomic E-state index is 0. The smallest absolute Gasteiger partial charge is 0.0457 e. The van der Waals surface area contributed by atoms with Gasteiger partial charge >= 0.3 is 0 Å². The first kappa shape index (κ1) is 9.56. The lowest BCUT2D eigenvalue weighted by atomic mass is 9.98. The molecule has 0 unspecified atom stereocenters. The Labute approximate surface area is 89.1 Å². The van der Waals surface area contributed by atoms with Crippen LogP contribution in [-0.4, -0.2) is 11.5 Å². The molecule has 0 spiro atoms. The van der Waals surface area contributed by atoms with Gasteiger partial charge in [-0.25, -0.2) is 0 Å². The van der Waals surface area contributed by atoms with E-state index in [-0.39, 0.29) is 12.4 Å². The van der Waals surface area contributed by atoms with Gasteiger partial charge in [0.15, 0.2) is 0 Å². The van der Waals surface area contributed by atoms with Gasteiger partial charge in [0.25, 0.3) is 0 Å². The van der Waals surface area contributed by atoms with Gasteiger partial charge in [0, 0.05) is 23.1 Å². The monoisotopic (exact) mass is 208 g/mol. The summed E-state index contributed by atoms with van der Waals surface area (Å²) in [7, 11) is 0. The topological polar surface area (TPSA) is 27.8 Å². The van der Waals surface area contributed by atoms with Crippen LogP contribution in [0.15, 0.2) is 30.5 Å². The maximum Gasteiger partial charge on any atom is 0.0457 e. The van der Waals surface area contributed by atoms with Gasteiger partial charge in [-0.05, 0) is 24.6 Å². The minimum Gasteiger partial charge on any atom is -0.361 e. The predicted octanol–water partition coefficient (Wildman–Crippen LogP) is 2.62. The maximum absolute atomic E-state index is 3.42. The third-order valence-corrected chi connectivity index (χ3v) is 2.82. The first-order valence-electron chi connectivity index (χ1n) is 4.74. The summed E-state index contributed by atoms with van der Waals surface area (Å²) >= 11 is 0. The number of rotatable bonds is 1. The molecule has 1 aliphatic heterocycles. The Morgan fingerprint density at radius 2 is 2.00 bits per heavy atom. The van der Waals surface area contributed by atoms with Gasteiger partial charge in [0.2, 0.25) is 0 Å². The van der Waals surface area contributed by atoms with E-state index < -0.39 is 0 Å².